The number of hydrogen-bond donors (Lipinski definition) is 0. The third kappa shape index (κ3) is 4.40. The molecule has 5 nitrogen and oxygen atoms in total. The summed E-state index contributed by atoms with van der Waals surface area (Å²) in [5, 5.41) is 11.8. The van der Waals surface area contributed by atoms with E-state index >= 15 is 0 Å². The first kappa shape index (κ1) is 19.0. The van der Waals surface area contributed by atoms with Crippen LogP contribution in [0.25, 0.3) is 0 Å². The van der Waals surface area contributed by atoms with Gasteiger partial charge in [-0.25, -0.2) is 0 Å². The molecule has 2 aliphatic rings. The van der Waals surface area contributed by atoms with E-state index in [4.69, 9.17) is 0 Å². The monoisotopic (exact) mass is 404 g/mol. The Balaban J connectivity index is 1.45. The Morgan fingerprint density at radius 3 is 2.74 bits per heavy atom. The van der Waals surface area contributed by atoms with E-state index in [1.807, 2.05) is 18.9 Å². The van der Waals surface area contributed by atoms with Crippen LogP contribution in [0.5, 0.6) is 0 Å². The Bertz CT molecular complexity index is 763. The third-order valence-electron chi connectivity index (χ3n) is 5.66. The van der Waals surface area contributed by atoms with Crippen LogP contribution in [0, 0.1) is 0 Å². The van der Waals surface area contributed by atoms with Crippen LogP contribution in [0.4, 0.5) is 0 Å². The molecule has 1 amide bonds. The first-order chi connectivity index (χ1) is 13.1. The molecule has 0 radical (unpaired) electrons. The summed E-state index contributed by atoms with van der Waals surface area (Å²) in [6.45, 7) is 2.01. The maximum atomic E-state index is 13.0. The second kappa shape index (κ2) is 8.35. The molecule has 0 aliphatic heterocycles. The fourth-order valence-corrected chi connectivity index (χ4v) is 5.66. The van der Waals surface area contributed by atoms with Gasteiger partial charge in [-0.1, -0.05) is 37.1 Å². The van der Waals surface area contributed by atoms with E-state index in [0.717, 1.165) is 30.2 Å². The van der Waals surface area contributed by atoms with E-state index in [1.54, 1.807) is 23.1 Å². The number of carbonyl (C=O) groups is 1. The molecule has 4 rings (SSSR count). The largest absolute Gasteiger partial charge is 0.342 e. The zero-order chi connectivity index (χ0) is 18.8. The minimum Gasteiger partial charge on any atom is -0.342 e. The van der Waals surface area contributed by atoms with Gasteiger partial charge in [-0.15, -0.1) is 21.5 Å². The lowest BCUT2D eigenvalue weighted by Gasteiger charge is -2.32. The second-order valence-corrected chi connectivity index (χ2v) is 10.1. The van der Waals surface area contributed by atoms with Crippen molar-refractivity contribution in [2.75, 3.05) is 7.05 Å². The molecular formula is C20H28N4OS2. The highest BCUT2D eigenvalue weighted by Gasteiger charge is 2.32. The zero-order valence-electron chi connectivity index (χ0n) is 16.1. The van der Waals surface area contributed by atoms with Gasteiger partial charge in [-0.2, -0.15) is 0 Å². The van der Waals surface area contributed by atoms with E-state index < -0.39 is 0 Å². The quantitative estimate of drug-likeness (QED) is 0.636. The minimum atomic E-state index is -0.131. The van der Waals surface area contributed by atoms with Crippen molar-refractivity contribution in [2.45, 2.75) is 80.8 Å². The molecule has 2 aliphatic carbocycles. The van der Waals surface area contributed by atoms with Crippen molar-refractivity contribution in [2.24, 2.45) is 0 Å². The van der Waals surface area contributed by atoms with Crippen LogP contribution in [0.2, 0.25) is 0 Å². The fourth-order valence-electron chi connectivity index (χ4n) is 3.92. The van der Waals surface area contributed by atoms with Crippen molar-refractivity contribution >= 4 is 29.0 Å². The van der Waals surface area contributed by atoms with Gasteiger partial charge in [0.2, 0.25) is 5.91 Å². The normalized spacial score (nSPS) is 19.2. The van der Waals surface area contributed by atoms with E-state index in [9.17, 15) is 4.79 Å². The molecule has 1 atom stereocenters. The summed E-state index contributed by atoms with van der Waals surface area (Å²) < 4.78 is 2.29. The molecule has 0 aromatic carbocycles. The first-order valence-corrected chi connectivity index (χ1v) is 11.8. The topological polar surface area (TPSA) is 51.0 Å². The lowest BCUT2D eigenvalue weighted by atomic mass is 9.94. The average molecular weight is 405 g/mol. The highest BCUT2D eigenvalue weighted by Crippen LogP contribution is 2.40. The zero-order valence-corrected chi connectivity index (χ0v) is 17.8. The van der Waals surface area contributed by atoms with Gasteiger partial charge in [0.15, 0.2) is 5.16 Å². The molecule has 0 bridgehead atoms. The van der Waals surface area contributed by atoms with Crippen LogP contribution in [-0.4, -0.2) is 43.9 Å². The van der Waals surface area contributed by atoms with E-state index in [0.29, 0.717) is 12.1 Å². The van der Waals surface area contributed by atoms with Gasteiger partial charge < -0.3 is 9.47 Å². The second-order valence-electron chi connectivity index (χ2n) is 7.76. The fraction of sp³-hybridized carbons (Fsp3) is 0.650. The Labute approximate surface area is 169 Å². The molecule has 7 heteroatoms. The Hall–Kier alpha value is -1.34. The lowest BCUT2D eigenvalue weighted by Crippen LogP contribution is -2.42. The number of rotatable bonds is 7. The number of hydrogen-bond acceptors (Lipinski definition) is 5. The molecular weight excluding hydrogens is 376 g/mol. The molecule has 0 saturated heterocycles. The molecule has 0 unspecified atom stereocenters. The van der Waals surface area contributed by atoms with E-state index in [1.165, 1.54) is 37.0 Å². The molecule has 0 spiro atoms. The summed E-state index contributed by atoms with van der Waals surface area (Å²) >= 11 is 3.33. The molecule has 0 N–H and O–H groups in total. The number of thiophene rings is 1. The van der Waals surface area contributed by atoms with Crippen molar-refractivity contribution in [3.63, 3.8) is 0 Å². The Morgan fingerprint density at radius 1 is 1.30 bits per heavy atom. The van der Waals surface area contributed by atoms with Gasteiger partial charge in [0.05, 0.1) is 5.25 Å². The van der Waals surface area contributed by atoms with Gasteiger partial charge in [0.1, 0.15) is 5.82 Å². The summed E-state index contributed by atoms with van der Waals surface area (Å²) in [4.78, 5) is 16.3. The summed E-state index contributed by atoms with van der Waals surface area (Å²) in [6.07, 6.45) is 9.27. The number of aromatic nitrogens is 3. The van der Waals surface area contributed by atoms with Gasteiger partial charge in [-0.05, 0) is 44.1 Å². The number of carbonyl (C=O) groups excluding carboxylic acids is 1. The molecule has 2 aromatic heterocycles. The highest BCUT2D eigenvalue weighted by molar-refractivity contribution is 8.00. The predicted molar refractivity (Wildman–Crippen MR) is 110 cm³/mol. The number of amides is 1. The van der Waals surface area contributed by atoms with Crippen molar-refractivity contribution < 1.29 is 4.79 Å². The average Bonchev–Trinajstić information content (AvgIpc) is 3.25. The molecule has 2 heterocycles. The predicted octanol–water partition coefficient (Wildman–Crippen LogP) is 4.54. The van der Waals surface area contributed by atoms with Crippen molar-refractivity contribution in [1.29, 1.82) is 0 Å². The third-order valence-corrected chi connectivity index (χ3v) is 7.58. The molecule has 27 heavy (non-hydrogen) atoms. The van der Waals surface area contributed by atoms with Crippen LogP contribution in [0.1, 0.15) is 68.6 Å². The van der Waals surface area contributed by atoms with Crippen molar-refractivity contribution in [1.82, 2.24) is 19.7 Å². The van der Waals surface area contributed by atoms with E-state index in [2.05, 4.69) is 32.3 Å². The first-order valence-electron chi connectivity index (χ1n) is 10.0. The summed E-state index contributed by atoms with van der Waals surface area (Å²) in [5.41, 5.74) is 0. The van der Waals surface area contributed by atoms with Gasteiger partial charge >= 0.3 is 0 Å². The number of thioether (sulfide) groups is 1. The summed E-state index contributed by atoms with van der Waals surface area (Å²) in [7, 11) is 1.98. The summed E-state index contributed by atoms with van der Waals surface area (Å²) in [5.74, 6) is 1.25. The van der Waals surface area contributed by atoms with Gasteiger partial charge in [0, 0.05) is 30.4 Å². The van der Waals surface area contributed by atoms with Gasteiger partial charge in [0.25, 0.3) is 0 Å². The Kier molecular flexibility index (Phi) is 5.88. The lowest BCUT2D eigenvalue weighted by molar-refractivity contribution is -0.131. The molecule has 2 aromatic rings. The maximum absolute atomic E-state index is 13.0. The van der Waals surface area contributed by atoms with Crippen LogP contribution in [-0.2, 0) is 11.2 Å². The van der Waals surface area contributed by atoms with Crippen molar-refractivity contribution in [3.8, 4) is 0 Å². The van der Waals surface area contributed by atoms with Crippen LogP contribution in [0.15, 0.2) is 22.7 Å². The van der Waals surface area contributed by atoms with E-state index in [-0.39, 0.29) is 11.2 Å². The maximum Gasteiger partial charge on any atom is 0.235 e. The van der Waals surface area contributed by atoms with Crippen LogP contribution in [0.3, 0.4) is 0 Å². The molecule has 146 valence electrons. The van der Waals surface area contributed by atoms with Crippen LogP contribution >= 0.6 is 23.1 Å². The highest BCUT2D eigenvalue weighted by atomic mass is 32.2. The molecule has 2 saturated carbocycles. The SMILES string of the molecule is C[C@@H](Sc1nnc(Cc2cccs2)n1C1CC1)C(=O)N(C)C1CCCCC1. The van der Waals surface area contributed by atoms with Crippen LogP contribution < -0.4 is 0 Å². The minimum absolute atomic E-state index is 0.131. The van der Waals surface area contributed by atoms with Crippen molar-refractivity contribution in [3.05, 3.63) is 28.2 Å². The van der Waals surface area contributed by atoms with Gasteiger partial charge in [-0.3, -0.25) is 4.79 Å². The smallest absolute Gasteiger partial charge is 0.235 e. The Morgan fingerprint density at radius 2 is 2.07 bits per heavy atom. The standard InChI is InChI=1S/C20H28N4OS2/c1-14(19(25)23(2)15-7-4-3-5-8-15)27-20-22-21-18(24(20)16-10-11-16)13-17-9-6-12-26-17/h6,9,12,14-16H,3-5,7-8,10-11,13H2,1-2H3/t14-/m1/s1. The molecule has 2 fully saturated rings. The number of nitrogens with zero attached hydrogens (tertiary/aromatic N) is 4. The summed E-state index contributed by atoms with van der Waals surface area (Å²) in [6, 6.07) is 5.14.